The number of hydrogen-bond donors (Lipinski definition) is 2. The second-order valence-corrected chi connectivity index (χ2v) is 6.69. The second kappa shape index (κ2) is 13.4. The highest BCUT2D eigenvalue weighted by atomic mass is 32.1. The first-order valence-corrected chi connectivity index (χ1v) is 9.67. The fourth-order valence-corrected chi connectivity index (χ4v) is 3.49. The smallest absolute Gasteiger partial charge is 0.290 e. The van der Waals surface area contributed by atoms with Gasteiger partial charge in [0.15, 0.2) is 0 Å². The number of carboxylic acid groups (broad SMARTS) is 2. The summed E-state index contributed by atoms with van der Waals surface area (Å²) in [5, 5.41) is 17.7. The normalized spacial score (nSPS) is 14.0. The molecule has 0 aromatic carbocycles. The maximum atomic E-state index is 12.4. The van der Waals surface area contributed by atoms with Crippen LogP contribution in [-0.4, -0.2) is 81.1 Å². The van der Waals surface area contributed by atoms with Crippen LogP contribution in [0.4, 0.5) is 0 Å². The lowest BCUT2D eigenvalue weighted by Gasteiger charge is -2.21. The number of carbonyl (C=O) groups excluding carboxylic acids is 1. The summed E-state index contributed by atoms with van der Waals surface area (Å²) in [6.07, 6.45) is 5.83. The van der Waals surface area contributed by atoms with Crippen LogP contribution in [0.3, 0.4) is 0 Å². The van der Waals surface area contributed by atoms with Gasteiger partial charge in [-0.25, -0.2) is 4.98 Å². The van der Waals surface area contributed by atoms with Gasteiger partial charge in [0.25, 0.3) is 18.9 Å². The molecule has 0 atom stereocenters. The first kappa shape index (κ1) is 23.3. The van der Waals surface area contributed by atoms with Crippen molar-refractivity contribution in [1.82, 2.24) is 19.4 Å². The zero-order chi connectivity index (χ0) is 20.8. The Hall–Kier alpha value is -2.72. The summed E-state index contributed by atoms with van der Waals surface area (Å²) in [6.45, 7) is 4.17. The van der Waals surface area contributed by atoms with Gasteiger partial charge in [0.1, 0.15) is 5.82 Å². The summed E-state index contributed by atoms with van der Waals surface area (Å²) in [5.41, 5.74) is 0.825. The van der Waals surface area contributed by atoms with Gasteiger partial charge in [-0.3, -0.25) is 14.4 Å². The Labute approximate surface area is 167 Å². The maximum Gasteiger partial charge on any atom is 0.290 e. The Morgan fingerprint density at radius 2 is 1.93 bits per heavy atom. The fourth-order valence-electron chi connectivity index (χ4n) is 2.86. The molecule has 1 amide bonds. The van der Waals surface area contributed by atoms with Gasteiger partial charge in [0, 0.05) is 57.4 Å². The monoisotopic (exact) mass is 410 g/mol. The van der Waals surface area contributed by atoms with Crippen LogP contribution in [0.25, 0.3) is 0 Å². The van der Waals surface area contributed by atoms with Crippen molar-refractivity contribution in [2.45, 2.75) is 12.8 Å². The predicted molar refractivity (Wildman–Crippen MR) is 106 cm³/mol. The van der Waals surface area contributed by atoms with Gasteiger partial charge >= 0.3 is 0 Å². The molecule has 1 aliphatic heterocycles. The van der Waals surface area contributed by atoms with Crippen LogP contribution in [0.15, 0.2) is 29.2 Å². The number of imidazole rings is 1. The van der Waals surface area contributed by atoms with E-state index in [1.165, 1.54) is 0 Å². The van der Waals surface area contributed by atoms with Gasteiger partial charge in [-0.2, -0.15) is 11.3 Å². The molecule has 0 aliphatic carbocycles. The number of rotatable bonds is 4. The van der Waals surface area contributed by atoms with E-state index in [0.29, 0.717) is 0 Å². The van der Waals surface area contributed by atoms with Gasteiger partial charge < -0.3 is 24.6 Å². The molecule has 9 nitrogen and oxygen atoms in total. The van der Waals surface area contributed by atoms with Crippen molar-refractivity contribution in [1.29, 1.82) is 0 Å². The number of thiophene rings is 1. The van der Waals surface area contributed by atoms with Gasteiger partial charge in [0.05, 0.1) is 5.56 Å². The summed E-state index contributed by atoms with van der Waals surface area (Å²) < 4.78 is 2.07. The minimum Gasteiger partial charge on any atom is -0.483 e. The molecule has 0 bridgehead atoms. The standard InChI is InChI=1S/C16H22N4OS.2CH2O2/c1-18-9-5-17-15(18)3-8-19-6-2-7-20(11-10-19)16(21)14-4-12-22-13-14;2*2-1-3/h4-5,9,12-13H,2-3,6-8,10-11H2,1H3;2*1H,(H,2,3). The van der Waals surface area contributed by atoms with E-state index < -0.39 is 0 Å². The third-order valence-corrected chi connectivity index (χ3v) is 4.90. The van der Waals surface area contributed by atoms with Crippen LogP contribution in [0, 0.1) is 0 Å². The topological polar surface area (TPSA) is 116 Å². The van der Waals surface area contributed by atoms with Crippen LogP contribution >= 0.6 is 11.3 Å². The number of aryl methyl sites for hydroxylation is 1. The molecule has 3 rings (SSSR count). The van der Waals surface area contributed by atoms with Crippen molar-refractivity contribution in [3.63, 3.8) is 0 Å². The van der Waals surface area contributed by atoms with Crippen molar-refractivity contribution in [2.24, 2.45) is 7.05 Å². The van der Waals surface area contributed by atoms with Crippen LogP contribution in [-0.2, 0) is 23.1 Å². The lowest BCUT2D eigenvalue weighted by molar-refractivity contribution is -0.123. The second-order valence-electron chi connectivity index (χ2n) is 5.91. The van der Waals surface area contributed by atoms with Gasteiger partial charge in [0.2, 0.25) is 0 Å². The van der Waals surface area contributed by atoms with E-state index in [0.717, 1.165) is 57.0 Å². The number of nitrogens with zero attached hydrogens (tertiary/aromatic N) is 4. The molecule has 3 heterocycles. The molecule has 2 N–H and O–H groups in total. The van der Waals surface area contributed by atoms with Crippen LogP contribution in [0.2, 0.25) is 0 Å². The van der Waals surface area contributed by atoms with E-state index in [2.05, 4.69) is 14.5 Å². The quantitative estimate of drug-likeness (QED) is 0.729. The van der Waals surface area contributed by atoms with Crippen LogP contribution in [0.1, 0.15) is 22.6 Å². The summed E-state index contributed by atoms with van der Waals surface area (Å²) in [5.74, 6) is 1.29. The minimum atomic E-state index is -0.250. The minimum absolute atomic E-state index is 0.173. The molecule has 0 saturated carbocycles. The molecule has 2 aromatic heterocycles. The Morgan fingerprint density at radius 3 is 2.50 bits per heavy atom. The first-order valence-electron chi connectivity index (χ1n) is 8.73. The lowest BCUT2D eigenvalue weighted by atomic mass is 10.3. The third-order valence-electron chi connectivity index (χ3n) is 4.22. The van der Waals surface area contributed by atoms with E-state index >= 15 is 0 Å². The third kappa shape index (κ3) is 7.89. The summed E-state index contributed by atoms with van der Waals surface area (Å²) in [4.78, 5) is 37.9. The number of amides is 1. The van der Waals surface area contributed by atoms with E-state index in [1.807, 2.05) is 41.2 Å². The Balaban J connectivity index is 0.000000582. The summed E-state index contributed by atoms with van der Waals surface area (Å²) in [6, 6.07) is 1.91. The largest absolute Gasteiger partial charge is 0.483 e. The van der Waals surface area contributed by atoms with E-state index in [9.17, 15) is 4.79 Å². The lowest BCUT2D eigenvalue weighted by Crippen LogP contribution is -2.35. The molecule has 0 spiro atoms. The zero-order valence-corrected chi connectivity index (χ0v) is 16.6. The Morgan fingerprint density at radius 1 is 1.21 bits per heavy atom. The van der Waals surface area contributed by atoms with E-state index in [4.69, 9.17) is 19.8 Å². The molecule has 0 radical (unpaired) electrons. The maximum absolute atomic E-state index is 12.4. The molecule has 0 unspecified atom stereocenters. The summed E-state index contributed by atoms with van der Waals surface area (Å²) in [7, 11) is 2.03. The predicted octanol–water partition coefficient (Wildman–Crippen LogP) is 1.27. The Kier molecular flexibility index (Phi) is 11.2. The van der Waals surface area contributed by atoms with Gasteiger partial charge in [-0.05, 0) is 24.4 Å². The Bertz CT molecular complexity index is 699. The van der Waals surface area contributed by atoms with Crippen molar-refractivity contribution in [3.05, 3.63) is 40.6 Å². The highest BCUT2D eigenvalue weighted by molar-refractivity contribution is 7.08. The van der Waals surface area contributed by atoms with Gasteiger partial charge in [-0.15, -0.1) is 0 Å². The van der Waals surface area contributed by atoms with E-state index in [1.54, 1.807) is 11.3 Å². The molecule has 2 aromatic rings. The zero-order valence-electron chi connectivity index (χ0n) is 15.8. The molecule has 154 valence electrons. The van der Waals surface area contributed by atoms with Crippen LogP contribution < -0.4 is 0 Å². The number of aromatic nitrogens is 2. The fraction of sp³-hybridized carbons (Fsp3) is 0.444. The molecular weight excluding hydrogens is 384 g/mol. The number of hydrogen-bond acceptors (Lipinski definition) is 6. The molecule has 10 heteroatoms. The average molecular weight is 410 g/mol. The molecule has 28 heavy (non-hydrogen) atoms. The van der Waals surface area contributed by atoms with Gasteiger partial charge in [-0.1, -0.05) is 0 Å². The molecular formula is C18H26N4O5S. The molecule has 1 fully saturated rings. The number of carbonyl (C=O) groups is 3. The van der Waals surface area contributed by atoms with Crippen molar-refractivity contribution < 1.29 is 24.6 Å². The molecule has 1 aliphatic rings. The van der Waals surface area contributed by atoms with E-state index in [-0.39, 0.29) is 18.9 Å². The SMILES string of the molecule is Cn1ccnc1CCN1CCCN(C(=O)c2ccsc2)CC1.O=CO.O=CO. The summed E-state index contributed by atoms with van der Waals surface area (Å²) >= 11 is 1.58. The highest BCUT2D eigenvalue weighted by Crippen LogP contribution is 2.12. The highest BCUT2D eigenvalue weighted by Gasteiger charge is 2.20. The van der Waals surface area contributed by atoms with Crippen molar-refractivity contribution in [3.8, 4) is 0 Å². The van der Waals surface area contributed by atoms with Crippen LogP contribution in [0.5, 0.6) is 0 Å². The molecule has 1 saturated heterocycles. The first-order chi connectivity index (χ1) is 13.6. The van der Waals surface area contributed by atoms with Crippen molar-refractivity contribution in [2.75, 3.05) is 32.7 Å². The van der Waals surface area contributed by atoms with Crippen molar-refractivity contribution >= 4 is 30.2 Å². The average Bonchev–Trinajstić information content (AvgIpc) is 3.29.